The van der Waals surface area contributed by atoms with Gasteiger partial charge in [-0.2, -0.15) is 0 Å². The Balaban J connectivity index is 1.39. The van der Waals surface area contributed by atoms with Gasteiger partial charge in [0.05, 0.1) is 12.6 Å². The molecule has 5 rings (SSSR count). The fourth-order valence-electron chi connectivity index (χ4n) is 4.70. The summed E-state index contributed by atoms with van der Waals surface area (Å²) >= 11 is 0. The predicted molar refractivity (Wildman–Crippen MR) is 134 cm³/mol. The number of fused-ring (bicyclic) bond motifs is 1. The molecule has 7 heteroatoms. The molecule has 2 atom stereocenters. The van der Waals surface area contributed by atoms with Crippen molar-refractivity contribution in [3.63, 3.8) is 0 Å². The van der Waals surface area contributed by atoms with Crippen molar-refractivity contribution in [2.75, 3.05) is 38.7 Å². The Morgan fingerprint density at radius 3 is 2.50 bits per heavy atom. The first kappa shape index (κ1) is 22.1. The molecular weight excluding hydrogens is 426 g/mol. The van der Waals surface area contributed by atoms with Crippen LogP contribution in [0.2, 0.25) is 0 Å². The predicted octanol–water partition coefficient (Wildman–Crippen LogP) is 4.24. The number of rotatable bonds is 7. The van der Waals surface area contributed by atoms with Crippen LogP contribution in [0.15, 0.2) is 85.1 Å². The van der Waals surface area contributed by atoms with Crippen LogP contribution in [0.4, 0.5) is 10.6 Å². The molecule has 7 nitrogen and oxygen atoms in total. The Labute approximate surface area is 199 Å². The first-order chi connectivity index (χ1) is 16.7. The number of benzene rings is 2. The topological polar surface area (TPSA) is 70.9 Å². The molecule has 0 aliphatic carbocycles. The van der Waals surface area contributed by atoms with Crippen LogP contribution < -0.4 is 10.6 Å². The van der Waals surface area contributed by atoms with E-state index < -0.39 is 0 Å². The van der Waals surface area contributed by atoms with Crippen LogP contribution in [0.3, 0.4) is 0 Å². The number of urea groups is 1. The minimum Gasteiger partial charge on any atom is -0.383 e. The lowest BCUT2D eigenvalue weighted by Gasteiger charge is -2.20. The van der Waals surface area contributed by atoms with Crippen molar-refractivity contribution in [1.29, 1.82) is 0 Å². The molecule has 2 aromatic heterocycles. The molecule has 0 bridgehead atoms. The number of imidazole rings is 1. The van der Waals surface area contributed by atoms with Crippen molar-refractivity contribution < 1.29 is 9.53 Å². The lowest BCUT2D eigenvalue weighted by Crippen LogP contribution is -2.42. The number of ether oxygens (including phenoxy) is 1. The first-order valence-corrected chi connectivity index (χ1v) is 11.6. The molecular formula is C27H29N5O2. The maximum atomic E-state index is 13.3. The maximum absolute atomic E-state index is 13.3. The van der Waals surface area contributed by atoms with E-state index in [1.54, 1.807) is 7.11 Å². The van der Waals surface area contributed by atoms with Gasteiger partial charge in [-0.25, -0.2) is 9.78 Å². The van der Waals surface area contributed by atoms with Crippen molar-refractivity contribution in [2.24, 2.45) is 0 Å². The number of anilines is 1. The van der Waals surface area contributed by atoms with Crippen molar-refractivity contribution in [1.82, 2.24) is 19.6 Å². The molecule has 2 unspecified atom stereocenters. The van der Waals surface area contributed by atoms with Gasteiger partial charge in [0.15, 0.2) is 0 Å². The van der Waals surface area contributed by atoms with Crippen molar-refractivity contribution in [3.05, 3.63) is 90.6 Å². The number of likely N-dealkylation sites (tertiary alicyclic amines) is 1. The van der Waals surface area contributed by atoms with E-state index in [4.69, 9.17) is 9.72 Å². The summed E-state index contributed by atoms with van der Waals surface area (Å²) in [5, 5.41) is 6.34. The Morgan fingerprint density at radius 1 is 1.00 bits per heavy atom. The number of methoxy groups -OCH3 is 1. The van der Waals surface area contributed by atoms with E-state index in [1.807, 2.05) is 65.2 Å². The quantitative estimate of drug-likeness (QED) is 0.437. The molecule has 174 valence electrons. The van der Waals surface area contributed by atoms with Crippen LogP contribution in [0, 0.1) is 0 Å². The van der Waals surface area contributed by atoms with Gasteiger partial charge in [-0.3, -0.25) is 14.6 Å². The van der Waals surface area contributed by atoms with Gasteiger partial charge >= 0.3 is 6.03 Å². The van der Waals surface area contributed by atoms with Crippen LogP contribution in [-0.4, -0.2) is 59.7 Å². The number of nitrogens with one attached hydrogen (secondary N) is 2. The fraction of sp³-hybridized carbons (Fsp3) is 0.259. The third-order valence-electron chi connectivity index (χ3n) is 6.36. The average Bonchev–Trinajstić information content (AvgIpc) is 3.45. The normalized spacial score (nSPS) is 18.3. The number of amides is 2. The Hall–Kier alpha value is -3.68. The lowest BCUT2D eigenvalue weighted by molar-refractivity contribution is 0.159. The maximum Gasteiger partial charge on any atom is 0.320 e. The van der Waals surface area contributed by atoms with Crippen molar-refractivity contribution in [2.45, 2.75) is 12.0 Å². The standard InChI is InChI=1S/C27H29N5O2/c1-34-17-16-31-18-22(20-10-4-2-5-11-20)23(19-31)28-27(33)30-26-25(21-12-6-3-7-13-21)29-24-14-8-9-15-32(24)26/h2-15,22-23H,16-19H2,1H3,(H2,28,30,33). The van der Waals surface area contributed by atoms with E-state index in [0.29, 0.717) is 12.4 Å². The molecule has 3 heterocycles. The van der Waals surface area contributed by atoms with Gasteiger partial charge in [-0.1, -0.05) is 66.7 Å². The molecule has 0 spiro atoms. The molecule has 1 saturated heterocycles. The van der Waals surface area contributed by atoms with E-state index in [-0.39, 0.29) is 18.0 Å². The highest BCUT2D eigenvalue weighted by Gasteiger charge is 2.34. The zero-order valence-electron chi connectivity index (χ0n) is 19.2. The average molecular weight is 456 g/mol. The number of hydrogen-bond acceptors (Lipinski definition) is 4. The smallest absolute Gasteiger partial charge is 0.320 e. The number of pyridine rings is 1. The zero-order chi connectivity index (χ0) is 23.3. The van der Waals surface area contributed by atoms with Crippen LogP contribution in [0.25, 0.3) is 16.9 Å². The Morgan fingerprint density at radius 2 is 1.74 bits per heavy atom. The van der Waals surface area contributed by atoms with Gasteiger partial charge in [0, 0.05) is 44.4 Å². The van der Waals surface area contributed by atoms with Crippen molar-refractivity contribution in [3.8, 4) is 11.3 Å². The van der Waals surface area contributed by atoms with Gasteiger partial charge in [-0.05, 0) is 17.7 Å². The highest BCUT2D eigenvalue weighted by molar-refractivity contribution is 5.93. The van der Waals surface area contributed by atoms with Crippen LogP contribution >= 0.6 is 0 Å². The lowest BCUT2D eigenvalue weighted by atomic mass is 9.94. The summed E-state index contributed by atoms with van der Waals surface area (Å²) in [4.78, 5) is 20.4. The zero-order valence-corrected chi connectivity index (χ0v) is 19.2. The number of aromatic nitrogens is 2. The Bertz CT molecular complexity index is 1240. The molecule has 0 radical (unpaired) electrons. The van der Waals surface area contributed by atoms with Crippen LogP contribution in [0.1, 0.15) is 11.5 Å². The second kappa shape index (κ2) is 10.1. The second-order valence-electron chi connectivity index (χ2n) is 8.58. The number of carbonyl (C=O) groups is 1. The van der Waals surface area contributed by atoms with Gasteiger partial charge in [-0.15, -0.1) is 0 Å². The second-order valence-corrected chi connectivity index (χ2v) is 8.58. The monoisotopic (exact) mass is 455 g/mol. The number of carbonyl (C=O) groups excluding carboxylic acids is 1. The van der Waals surface area contributed by atoms with E-state index in [2.05, 4.69) is 39.8 Å². The van der Waals surface area contributed by atoms with E-state index in [9.17, 15) is 4.79 Å². The summed E-state index contributed by atoms with van der Waals surface area (Å²) in [5.74, 6) is 0.865. The third-order valence-corrected chi connectivity index (χ3v) is 6.36. The first-order valence-electron chi connectivity index (χ1n) is 11.6. The minimum atomic E-state index is -0.234. The third kappa shape index (κ3) is 4.66. The van der Waals surface area contributed by atoms with Gasteiger partial charge < -0.3 is 10.1 Å². The molecule has 34 heavy (non-hydrogen) atoms. The molecule has 1 aliphatic heterocycles. The van der Waals surface area contributed by atoms with E-state index in [0.717, 1.165) is 36.5 Å². The molecule has 4 aromatic rings. The van der Waals surface area contributed by atoms with Gasteiger partial charge in [0.25, 0.3) is 0 Å². The SMILES string of the molecule is COCCN1CC(NC(=O)Nc2c(-c3ccccc3)nc3ccccn23)C(c2ccccc2)C1. The molecule has 0 saturated carbocycles. The summed E-state index contributed by atoms with van der Waals surface area (Å²) in [6.07, 6.45) is 1.92. The summed E-state index contributed by atoms with van der Waals surface area (Å²) < 4.78 is 7.19. The molecule has 2 aromatic carbocycles. The fourth-order valence-corrected chi connectivity index (χ4v) is 4.70. The van der Waals surface area contributed by atoms with E-state index in [1.165, 1.54) is 5.56 Å². The van der Waals surface area contributed by atoms with Gasteiger partial charge in [0.1, 0.15) is 17.2 Å². The number of nitrogens with zero attached hydrogens (tertiary/aromatic N) is 3. The molecule has 2 amide bonds. The van der Waals surface area contributed by atoms with Crippen LogP contribution in [0.5, 0.6) is 0 Å². The number of hydrogen-bond donors (Lipinski definition) is 2. The minimum absolute atomic E-state index is 0.0152. The summed E-state index contributed by atoms with van der Waals surface area (Å²) in [6.45, 7) is 3.16. The summed E-state index contributed by atoms with van der Waals surface area (Å²) in [5.41, 5.74) is 3.71. The van der Waals surface area contributed by atoms with Crippen LogP contribution in [-0.2, 0) is 4.74 Å². The highest BCUT2D eigenvalue weighted by Crippen LogP contribution is 2.30. The molecule has 1 fully saturated rings. The van der Waals surface area contributed by atoms with Gasteiger partial charge in [0.2, 0.25) is 0 Å². The molecule has 2 N–H and O–H groups in total. The summed E-state index contributed by atoms with van der Waals surface area (Å²) in [7, 11) is 1.72. The summed E-state index contributed by atoms with van der Waals surface area (Å²) in [6, 6.07) is 25.9. The highest BCUT2D eigenvalue weighted by atomic mass is 16.5. The molecule has 1 aliphatic rings. The largest absolute Gasteiger partial charge is 0.383 e. The van der Waals surface area contributed by atoms with Crippen molar-refractivity contribution >= 4 is 17.5 Å². The Kier molecular flexibility index (Phi) is 6.56. The van der Waals surface area contributed by atoms with E-state index >= 15 is 0 Å².